The molecule has 0 aromatic heterocycles. The summed E-state index contributed by atoms with van der Waals surface area (Å²) >= 11 is 0. The Morgan fingerprint density at radius 3 is 2.44 bits per heavy atom. The van der Waals surface area contributed by atoms with E-state index in [0.29, 0.717) is 31.6 Å². The number of rotatable bonds is 3. The fourth-order valence-electron chi connectivity index (χ4n) is 4.12. The molecule has 7 nitrogen and oxygen atoms in total. The third-order valence-electron chi connectivity index (χ3n) is 6.02. The summed E-state index contributed by atoms with van der Waals surface area (Å²) in [5.41, 5.74) is 1.06. The summed E-state index contributed by atoms with van der Waals surface area (Å²) in [7, 11) is 0. The standard InChI is InChI=1S/C20H26N2O5/c1-13-3-4-15(16(23)11-13)18(25)21-9-7-20(8-10-21)6-5-17(24)22(12-20)14(2)19(26)27/h3-4,11,14,23H,5-10,12H2,1-2H3,(H,26,27). The second kappa shape index (κ2) is 7.21. The van der Waals surface area contributed by atoms with Gasteiger partial charge in [-0.1, -0.05) is 6.07 Å². The number of benzene rings is 1. The number of likely N-dealkylation sites (tertiary alicyclic amines) is 2. The van der Waals surface area contributed by atoms with Crippen LogP contribution in [-0.2, 0) is 9.59 Å². The normalized spacial score (nSPS) is 20.6. The zero-order chi connectivity index (χ0) is 19.8. The minimum absolute atomic E-state index is 0.00925. The smallest absolute Gasteiger partial charge is 0.326 e. The van der Waals surface area contributed by atoms with Crippen molar-refractivity contribution in [1.82, 2.24) is 9.80 Å². The molecule has 146 valence electrons. The van der Waals surface area contributed by atoms with E-state index in [0.717, 1.165) is 24.8 Å². The van der Waals surface area contributed by atoms with Gasteiger partial charge in [0.15, 0.2) is 0 Å². The Labute approximate surface area is 158 Å². The second-order valence-corrected chi connectivity index (χ2v) is 7.85. The molecule has 2 amide bonds. The number of hydrogen-bond donors (Lipinski definition) is 2. The van der Waals surface area contributed by atoms with Crippen LogP contribution in [0.2, 0.25) is 0 Å². The molecule has 3 rings (SSSR count). The first-order chi connectivity index (χ1) is 12.7. The van der Waals surface area contributed by atoms with E-state index in [4.69, 9.17) is 0 Å². The fourth-order valence-corrected chi connectivity index (χ4v) is 4.12. The molecule has 27 heavy (non-hydrogen) atoms. The van der Waals surface area contributed by atoms with Crippen molar-refractivity contribution >= 4 is 17.8 Å². The maximum absolute atomic E-state index is 12.7. The van der Waals surface area contributed by atoms with E-state index in [2.05, 4.69) is 0 Å². The quantitative estimate of drug-likeness (QED) is 0.843. The average Bonchev–Trinajstić information content (AvgIpc) is 2.63. The molecule has 2 aliphatic heterocycles. The lowest BCUT2D eigenvalue weighted by Crippen LogP contribution is -2.55. The Hall–Kier alpha value is -2.57. The Kier molecular flexibility index (Phi) is 5.13. The van der Waals surface area contributed by atoms with Gasteiger partial charge in [-0.25, -0.2) is 4.79 Å². The second-order valence-electron chi connectivity index (χ2n) is 7.85. The number of carboxylic acid groups (broad SMARTS) is 1. The predicted octanol–water partition coefficient (Wildman–Crippen LogP) is 2.02. The highest BCUT2D eigenvalue weighted by Gasteiger charge is 2.44. The molecule has 7 heteroatoms. The van der Waals surface area contributed by atoms with Gasteiger partial charge in [0.25, 0.3) is 5.91 Å². The first kappa shape index (κ1) is 19.2. The number of carbonyl (C=O) groups excluding carboxylic acids is 2. The number of aromatic hydroxyl groups is 1. The van der Waals surface area contributed by atoms with E-state index >= 15 is 0 Å². The highest BCUT2D eigenvalue weighted by Crippen LogP contribution is 2.41. The number of aryl methyl sites for hydroxylation is 1. The maximum Gasteiger partial charge on any atom is 0.326 e. The monoisotopic (exact) mass is 374 g/mol. The van der Waals surface area contributed by atoms with E-state index in [1.54, 1.807) is 23.1 Å². The molecule has 1 aromatic carbocycles. The van der Waals surface area contributed by atoms with Gasteiger partial charge in [0, 0.05) is 26.1 Å². The van der Waals surface area contributed by atoms with Crippen LogP contribution in [0.4, 0.5) is 0 Å². The van der Waals surface area contributed by atoms with Crippen molar-refractivity contribution < 1.29 is 24.6 Å². The predicted molar refractivity (Wildman–Crippen MR) is 98.5 cm³/mol. The van der Waals surface area contributed by atoms with Gasteiger partial charge >= 0.3 is 5.97 Å². The van der Waals surface area contributed by atoms with Crippen molar-refractivity contribution in [3.8, 4) is 5.75 Å². The molecule has 0 bridgehead atoms. The van der Waals surface area contributed by atoms with Crippen LogP contribution >= 0.6 is 0 Å². The lowest BCUT2D eigenvalue weighted by molar-refractivity contribution is -0.154. The van der Waals surface area contributed by atoms with E-state index in [9.17, 15) is 24.6 Å². The average molecular weight is 374 g/mol. The summed E-state index contributed by atoms with van der Waals surface area (Å²) in [6.07, 6.45) is 2.53. The first-order valence-corrected chi connectivity index (χ1v) is 9.34. The molecule has 0 saturated carbocycles. The molecule has 2 saturated heterocycles. The van der Waals surface area contributed by atoms with Crippen LogP contribution in [0.15, 0.2) is 18.2 Å². The topological polar surface area (TPSA) is 98.2 Å². The number of carboxylic acids is 1. The van der Waals surface area contributed by atoms with Crippen molar-refractivity contribution in [2.45, 2.75) is 45.6 Å². The minimum atomic E-state index is -0.997. The van der Waals surface area contributed by atoms with Crippen molar-refractivity contribution in [3.63, 3.8) is 0 Å². The van der Waals surface area contributed by atoms with Crippen molar-refractivity contribution in [2.24, 2.45) is 5.41 Å². The number of hydrogen-bond acceptors (Lipinski definition) is 4. The largest absolute Gasteiger partial charge is 0.507 e. The zero-order valence-electron chi connectivity index (χ0n) is 15.8. The number of nitrogens with zero attached hydrogens (tertiary/aromatic N) is 2. The zero-order valence-corrected chi connectivity index (χ0v) is 15.8. The van der Waals surface area contributed by atoms with Gasteiger partial charge in [0.1, 0.15) is 11.8 Å². The summed E-state index contributed by atoms with van der Waals surface area (Å²) in [5, 5.41) is 19.3. The van der Waals surface area contributed by atoms with Crippen LogP contribution in [0.1, 0.15) is 48.5 Å². The molecule has 1 unspecified atom stereocenters. The highest BCUT2D eigenvalue weighted by atomic mass is 16.4. The van der Waals surface area contributed by atoms with Crippen LogP contribution < -0.4 is 0 Å². The molecular formula is C20H26N2O5. The third-order valence-corrected chi connectivity index (χ3v) is 6.02. The Bertz CT molecular complexity index is 768. The fraction of sp³-hybridized carbons (Fsp3) is 0.550. The summed E-state index contributed by atoms with van der Waals surface area (Å²) in [6, 6.07) is 4.19. The molecule has 0 aliphatic carbocycles. The van der Waals surface area contributed by atoms with Gasteiger partial charge in [-0.05, 0) is 56.2 Å². The van der Waals surface area contributed by atoms with Crippen LogP contribution in [0.25, 0.3) is 0 Å². The van der Waals surface area contributed by atoms with Gasteiger partial charge in [-0.15, -0.1) is 0 Å². The number of amides is 2. The minimum Gasteiger partial charge on any atom is -0.507 e. The third kappa shape index (κ3) is 3.77. The van der Waals surface area contributed by atoms with E-state index < -0.39 is 12.0 Å². The SMILES string of the molecule is Cc1ccc(C(=O)N2CCC3(CCC(=O)N(C(C)C(=O)O)C3)CC2)c(O)c1. The van der Waals surface area contributed by atoms with Gasteiger partial charge in [0.2, 0.25) is 5.91 Å². The molecule has 2 N–H and O–H groups in total. The van der Waals surface area contributed by atoms with E-state index in [1.807, 2.05) is 6.92 Å². The molecule has 2 heterocycles. The van der Waals surface area contributed by atoms with Gasteiger partial charge in [-0.2, -0.15) is 0 Å². The Morgan fingerprint density at radius 2 is 1.85 bits per heavy atom. The summed E-state index contributed by atoms with van der Waals surface area (Å²) in [5.74, 6) is -1.31. The van der Waals surface area contributed by atoms with Gasteiger partial charge < -0.3 is 20.0 Å². The van der Waals surface area contributed by atoms with E-state index in [1.165, 1.54) is 11.8 Å². The number of carbonyl (C=O) groups is 3. The molecule has 0 radical (unpaired) electrons. The van der Waals surface area contributed by atoms with Crippen molar-refractivity contribution in [2.75, 3.05) is 19.6 Å². The number of aliphatic carboxylic acids is 1. The molecular weight excluding hydrogens is 348 g/mol. The lowest BCUT2D eigenvalue weighted by Gasteiger charge is -2.48. The Morgan fingerprint density at radius 1 is 1.19 bits per heavy atom. The Balaban J connectivity index is 1.68. The summed E-state index contributed by atoms with van der Waals surface area (Å²) in [4.78, 5) is 39.4. The summed E-state index contributed by atoms with van der Waals surface area (Å²) in [6.45, 7) is 4.90. The van der Waals surface area contributed by atoms with Crippen molar-refractivity contribution in [3.05, 3.63) is 29.3 Å². The van der Waals surface area contributed by atoms with Crippen molar-refractivity contribution in [1.29, 1.82) is 0 Å². The number of phenols is 1. The summed E-state index contributed by atoms with van der Waals surface area (Å²) < 4.78 is 0. The van der Waals surface area contributed by atoms with Gasteiger partial charge in [-0.3, -0.25) is 9.59 Å². The highest BCUT2D eigenvalue weighted by molar-refractivity contribution is 5.97. The molecule has 1 spiro atoms. The van der Waals surface area contributed by atoms with Crippen LogP contribution in [0.5, 0.6) is 5.75 Å². The van der Waals surface area contributed by atoms with Crippen LogP contribution in [0, 0.1) is 12.3 Å². The first-order valence-electron chi connectivity index (χ1n) is 9.34. The van der Waals surface area contributed by atoms with Crippen LogP contribution in [-0.4, -0.2) is 63.5 Å². The maximum atomic E-state index is 12.7. The van der Waals surface area contributed by atoms with Gasteiger partial charge in [0.05, 0.1) is 5.56 Å². The number of phenolic OH excluding ortho intramolecular Hbond substituents is 1. The van der Waals surface area contributed by atoms with Crippen LogP contribution in [0.3, 0.4) is 0 Å². The lowest BCUT2D eigenvalue weighted by atomic mass is 9.72. The number of piperidine rings is 2. The molecule has 2 aliphatic rings. The molecule has 1 aromatic rings. The van der Waals surface area contributed by atoms with E-state index in [-0.39, 0.29) is 23.0 Å². The molecule has 1 atom stereocenters. The molecule has 2 fully saturated rings.